The van der Waals surface area contributed by atoms with Crippen molar-refractivity contribution in [1.82, 2.24) is 5.32 Å². The Morgan fingerprint density at radius 2 is 1.95 bits per heavy atom. The first kappa shape index (κ1) is 14.4. The van der Waals surface area contributed by atoms with Crippen molar-refractivity contribution in [3.05, 3.63) is 56.7 Å². The summed E-state index contributed by atoms with van der Waals surface area (Å²) in [7, 11) is 0. The highest BCUT2D eigenvalue weighted by molar-refractivity contribution is 7.10. The summed E-state index contributed by atoms with van der Waals surface area (Å²) in [5.41, 5.74) is -0.155. The molecular weight excluding hydrogens is 292 g/mol. The van der Waals surface area contributed by atoms with E-state index in [-0.39, 0.29) is 5.56 Å². The first-order chi connectivity index (χ1) is 9.13. The third kappa shape index (κ3) is 3.30. The van der Waals surface area contributed by atoms with E-state index in [0.717, 1.165) is 4.88 Å². The summed E-state index contributed by atoms with van der Waals surface area (Å²) >= 11 is 7.38. The Morgan fingerprint density at radius 1 is 1.26 bits per heavy atom. The van der Waals surface area contributed by atoms with Crippen LogP contribution in [0.4, 0.5) is 8.78 Å². The van der Waals surface area contributed by atoms with E-state index in [4.69, 9.17) is 11.6 Å². The molecule has 0 aliphatic rings. The van der Waals surface area contributed by atoms with Crippen LogP contribution in [0.2, 0.25) is 5.02 Å². The van der Waals surface area contributed by atoms with Crippen LogP contribution in [0.3, 0.4) is 0 Å². The number of rotatable bonds is 5. The molecule has 0 aliphatic carbocycles. The van der Waals surface area contributed by atoms with Gasteiger partial charge in [0.2, 0.25) is 0 Å². The molecule has 1 aromatic carbocycles. The molecule has 0 radical (unpaired) electrons. The van der Waals surface area contributed by atoms with E-state index in [1.807, 2.05) is 5.38 Å². The fourth-order valence-electron chi connectivity index (χ4n) is 1.77. The summed E-state index contributed by atoms with van der Waals surface area (Å²) in [5, 5.41) is 14.6. The zero-order valence-electron chi connectivity index (χ0n) is 9.87. The minimum absolute atomic E-state index is 0.155. The summed E-state index contributed by atoms with van der Waals surface area (Å²) in [4.78, 5) is 0.858. The molecular formula is C13H12ClF2NOS. The average Bonchev–Trinajstić information content (AvgIpc) is 2.78. The summed E-state index contributed by atoms with van der Waals surface area (Å²) < 4.78 is 27.2. The number of thiophene rings is 1. The molecule has 0 saturated carbocycles. The van der Waals surface area contributed by atoms with Gasteiger partial charge in [0.15, 0.2) is 0 Å². The number of aliphatic hydroxyl groups is 1. The molecule has 6 heteroatoms. The zero-order chi connectivity index (χ0) is 13.8. The maximum Gasteiger partial charge on any atom is 0.131 e. The Kier molecular flexibility index (Phi) is 4.87. The van der Waals surface area contributed by atoms with Gasteiger partial charge in [-0.05, 0) is 23.6 Å². The predicted octanol–water partition coefficient (Wildman–Crippen LogP) is 3.50. The van der Waals surface area contributed by atoms with Gasteiger partial charge in [0, 0.05) is 17.0 Å². The number of benzene rings is 1. The number of halogens is 3. The maximum absolute atomic E-state index is 13.6. The van der Waals surface area contributed by atoms with Crippen molar-refractivity contribution in [2.75, 3.05) is 6.61 Å². The Morgan fingerprint density at radius 3 is 2.47 bits per heavy atom. The van der Waals surface area contributed by atoms with Gasteiger partial charge in [-0.1, -0.05) is 17.7 Å². The van der Waals surface area contributed by atoms with Gasteiger partial charge in [-0.15, -0.1) is 11.3 Å². The van der Waals surface area contributed by atoms with Crippen LogP contribution in [-0.4, -0.2) is 11.7 Å². The van der Waals surface area contributed by atoms with Crippen LogP contribution in [0, 0.1) is 11.6 Å². The highest BCUT2D eigenvalue weighted by Crippen LogP contribution is 2.24. The molecule has 2 rings (SSSR count). The smallest absolute Gasteiger partial charge is 0.131 e. The van der Waals surface area contributed by atoms with Crippen molar-refractivity contribution in [3.8, 4) is 0 Å². The summed E-state index contributed by atoms with van der Waals surface area (Å²) in [6.45, 7) is -0.0592. The number of aliphatic hydroxyl groups excluding tert-OH is 1. The quantitative estimate of drug-likeness (QED) is 0.886. The second-order valence-electron chi connectivity index (χ2n) is 3.94. The van der Waals surface area contributed by atoms with Gasteiger partial charge in [-0.25, -0.2) is 8.78 Å². The maximum atomic E-state index is 13.6. The molecule has 0 bridgehead atoms. The lowest BCUT2D eigenvalue weighted by atomic mass is 10.1. The molecule has 0 aliphatic heterocycles. The summed E-state index contributed by atoms with van der Waals surface area (Å²) in [6.07, 6.45) is 0. The fourth-order valence-corrected chi connectivity index (χ4v) is 2.82. The van der Waals surface area contributed by atoms with Gasteiger partial charge in [-0.3, -0.25) is 0 Å². The first-order valence-electron chi connectivity index (χ1n) is 5.63. The molecule has 19 heavy (non-hydrogen) atoms. The monoisotopic (exact) mass is 303 g/mol. The second kappa shape index (κ2) is 6.43. The van der Waals surface area contributed by atoms with Crippen molar-refractivity contribution < 1.29 is 13.9 Å². The van der Waals surface area contributed by atoms with Gasteiger partial charge in [0.1, 0.15) is 11.6 Å². The van der Waals surface area contributed by atoms with Crippen molar-refractivity contribution in [3.63, 3.8) is 0 Å². The van der Waals surface area contributed by atoms with Gasteiger partial charge >= 0.3 is 0 Å². The van der Waals surface area contributed by atoms with Crippen LogP contribution in [-0.2, 0) is 6.54 Å². The molecule has 2 N–H and O–H groups in total. The predicted molar refractivity (Wildman–Crippen MR) is 72.4 cm³/mol. The topological polar surface area (TPSA) is 32.3 Å². The third-order valence-electron chi connectivity index (χ3n) is 2.73. The summed E-state index contributed by atoms with van der Waals surface area (Å²) in [6, 6.07) is 4.57. The Hall–Kier alpha value is -1.01. The van der Waals surface area contributed by atoms with Gasteiger partial charge in [0.05, 0.1) is 17.7 Å². The van der Waals surface area contributed by atoms with Crippen molar-refractivity contribution in [1.29, 1.82) is 0 Å². The van der Waals surface area contributed by atoms with E-state index >= 15 is 0 Å². The van der Waals surface area contributed by atoms with Crippen LogP contribution in [0.5, 0.6) is 0 Å². The Bertz CT molecular complexity index is 541. The molecule has 2 aromatic rings. The molecule has 1 heterocycles. The largest absolute Gasteiger partial charge is 0.394 e. The van der Waals surface area contributed by atoms with Crippen LogP contribution < -0.4 is 5.32 Å². The lowest BCUT2D eigenvalue weighted by Gasteiger charge is -2.17. The van der Waals surface area contributed by atoms with E-state index in [0.29, 0.717) is 11.6 Å². The van der Waals surface area contributed by atoms with E-state index in [9.17, 15) is 13.9 Å². The molecule has 0 saturated heterocycles. The van der Waals surface area contributed by atoms with Crippen molar-refractivity contribution in [2.45, 2.75) is 12.6 Å². The minimum atomic E-state index is -0.806. The normalized spacial score (nSPS) is 12.6. The minimum Gasteiger partial charge on any atom is -0.394 e. The Labute approximate surface area is 118 Å². The molecule has 0 fully saturated rings. The average molecular weight is 304 g/mol. The van der Waals surface area contributed by atoms with E-state index in [2.05, 4.69) is 5.32 Å². The number of nitrogens with one attached hydrogen (secondary N) is 1. The molecule has 102 valence electrons. The summed E-state index contributed by atoms with van der Waals surface area (Å²) in [5.74, 6) is -1.35. The van der Waals surface area contributed by atoms with E-state index < -0.39 is 24.3 Å². The molecule has 2 nitrogen and oxygen atoms in total. The van der Waals surface area contributed by atoms with Gasteiger partial charge in [-0.2, -0.15) is 0 Å². The van der Waals surface area contributed by atoms with Crippen LogP contribution in [0.25, 0.3) is 0 Å². The van der Waals surface area contributed by atoms with Gasteiger partial charge in [0.25, 0.3) is 0 Å². The molecule has 0 unspecified atom stereocenters. The standard InChI is InChI=1S/C13H12ClF2NOS/c14-8-4-5-19-12(8)6-17-11(7-18)13-9(15)2-1-3-10(13)16/h1-5,11,17-18H,6-7H2/t11-/m0/s1. The van der Waals surface area contributed by atoms with E-state index in [1.54, 1.807) is 6.07 Å². The zero-order valence-corrected chi connectivity index (χ0v) is 11.4. The second-order valence-corrected chi connectivity index (χ2v) is 5.35. The SMILES string of the molecule is OC[C@H](NCc1sccc1Cl)c1c(F)cccc1F. The van der Waals surface area contributed by atoms with Crippen LogP contribution in [0.15, 0.2) is 29.6 Å². The molecule has 1 aromatic heterocycles. The van der Waals surface area contributed by atoms with Crippen molar-refractivity contribution in [2.24, 2.45) is 0 Å². The highest BCUT2D eigenvalue weighted by Gasteiger charge is 2.19. The van der Waals surface area contributed by atoms with Crippen LogP contribution in [0.1, 0.15) is 16.5 Å². The lowest BCUT2D eigenvalue weighted by Crippen LogP contribution is -2.25. The fraction of sp³-hybridized carbons (Fsp3) is 0.231. The number of hydrogen-bond donors (Lipinski definition) is 2. The van der Waals surface area contributed by atoms with Crippen LogP contribution >= 0.6 is 22.9 Å². The van der Waals surface area contributed by atoms with E-state index in [1.165, 1.54) is 29.5 Å². The first-order valence-corrected chi connectivity index (χ1v) is 6.89. The number of hydrogen-bond acceptors (Lipinski definition) is 3. The lowest BCUT2D eigenvalue weighted by molar-refractivity contribution is 0.237. The molecule has 0 amide bonds. The molecule has 0 spiro atoms. The molecule has 1 atom stereocenters. The highest BCUT2D eigenvalue weighted by atomic mass is 35.5. The van der Waals surface area contributed by atoms with Crippen molar-refractivity contribution >= 4 is 22.9 Å². The Balaban J connectivity index is 2.15. The third-order valence-corrected chi connectivity index (χ3v) is 4.12. The van der Waals surface area contributed by atoms with Gasteiger partial charge < -0.3 is 10.4 Å².